The Morgan fingerprint density at radius 1 is 1.32 bits per heavy atom. The number of nitrogens with zero attached hydrogens (tertiary/aromatic N) is 4. The summed E-state index contributed by atoms with van der Waals surface area (Å²) < 4.78 is 20.0. The highest BCUT2D eigenvalue weighted by molar-refractivity contribution is 5.97. The number of piperazine rings is 1. The van der Waals surface area contributed by atoms with Gasteiger partial charge in [-0.3, -0.25) is 9.69 Å². The van der Waals surface area contributed by atoms with Crippen molar-refractivity contribution in [2.75, 3.05) is 36.4 Å². The summed E-state index contributed by atoms with van der Waals surface area (Å²) >= 11 is 0. The molecule has 3 heterocycles. The van der Waals surface area contributed by atoms with Crippen LogP contribution in [0.2, 0.25) is 0 Å². The van der Waals surface area contributed by atoms with Crippen molar-refractivity contribution in [2.45, 2.75) is 19.6 Å². The number of halogens is 1. The molecule has 0 radical (unpaired) electrons. The van der Waals surface area contributed by atoms with Crippen LogP contribution in [0.4, 0.5) is 15.9 Å². The van der Waals surface area contributed by atoms with Crippen LogP contribution in [0.15, 0.2) is 30.5 Å². The predicted octanol–water partition coefficient (Wildman–Crippen LogP) is 2.13. The monoisotopic (exact) mass is 381 g/mol. The molecule has 0 spiro atoms. The lowest BCUT2D eigenvalue weighted by Crippen LogP contribution is -2.46. The van der Waals surface area contributed by atoms with Crippen molar-refractivity contribution in [2.24, 2.45) is 0 Å². The topological polar surface area (TPSA) is 81.5 Å². The van der Waals surface area contributed by atoms with Crippen LogP contribution in [0.1, 0.15) is 18.1 Å². The van der Waals surface area contributed by atoms with E-state index in [0.29, 0.717) is 29.1 Å². The summed E-state index contributed by atoms with van der Waals surface area (Å²) in [5, 5.41) is 11.6. The molecule has 1 aromatic carbocycles. The van der Waals surface area contributed by atoms with Crippen molar-refractivity contribution in [3.05, 3.63) is 47.4 Å². The smallest absolute Gasteiger partial charge is 0.265 e. The van der Waals surface area contributed by atoms with E-state index >= 15 is 0 Å². The van der Waals surface area contributed by atoms with Gasteiger partial charge in [0.2, 0.25) is 0 Å². The first kappa shape index (κ1) is 18.2. The Bertz CT molecular complexity index is 933. The second-order valence-electron chi connectivity index (χ2n) is 6.97. The van der Waals surface area contributed by atoms with Crippen molar-refractivity contribution in [3.63, 3.8) is 0 Å². The van der Waals surface area contributed by atoms with Crippen molar-refractivity contribution in [3.8, 4) is 11.8 Å². The molecule has 144 valence electrons. The van der Waals surface area contributed by atoms with Crippen LogP contribution in [0, 0.1) is 17.1 Å². The maximum absolute atomic E-state index is 14.5. The minimum absolute atomic E-state index is 0.228. The van der Waals surface area contributed by atoms with E-state index in [1.165, 1.54) is 6.07 Å². The first-order valence-corrected chi connectivity index (χ1v) is 9.17. The molecule has 1 amide bonds. The Kier molecular flexibility index (Phi) is 4.84. The number of nitrogens with one attached hydrogen (secondary N) is 1. The zero-order valence-corrected chi connectivity index (χ0v) is 15.5. The van der Waals surface area contributed by atoms with Gasteiger partial charge in [-0.25, -0.2) is 9.37 Å². The first-order chi connectivity index (χ1) is 13.5. The molecule has 0 saturated carbocycles. The molecule has 1 atom stereocenters. The van der Waals surface area contributed by atoms with Gasteiger partial charge in [-0.15, -0.1) is 0 Å². The van der Waals surface area contributed by atoms with E-state index in [4.69, 9.17) is 10.00 Å². The molecule has 2 aliphatic heterocycles. The molecule has 1 N–H and O–H groups in total. The molecule has 7 nitrogen and oxygen atoms in total. The van der Waals surface area contributed by atoms with Gasteiger partial charge in [0, 0.05) is 50.6 Å². The number of carbonyl (C=O) groups excluding carboxylic acids is 1. The van der Waals surface area contributed by atoms with Gasteiger partial charge in [0.05, 0.1) is 11.3 Å². The summed E-state index contributed by atoms with van der Waals surface area (Å²) in [4.78, 5) is 20.4. The molecule has 1 saturated heterocycles. The molecule has 0 bridgehead atoms. The third kappa shape index (κ3) is 3.62. The summed E-state index contributed by atoms with van der Waals surface area (Å²) in [5.41, 5.74) is 1.58. The fourth-order valence-electron chi connectivity index (χ4n) is 3.41. The quantitative estimate of drug-likeness (QED) is 0.877. The Balaban J connectivity index is 1.40. The largest absolute Gasteiger partial charge is 0.479 e. The van der Waals surface area contributed by atoms with E-state index in [2.05, 4.69) is 26.2 Å². The lowest BCUT2D eigenvalue weighted by molar-refractivity contribution is -0.122. The molecule has 1 unspecified atom stereocenters. The van der Waals surface area contributed by atoms with Crippen molar-refractivity contribution in [1.29, 1.82) is 5.26 Å². The van der Waals surface area contributed by atoms with Gasteiger partial charge in [0.25, 0.3) is 5.91 Å². The molecular weight excluding hydrogens is 361 g/mol. The Morgan fingerprint density at radius 2 is 2.11 bits per heavy atom. The second-order valence-corrected chi connectivity index (χ2v) is 6.97. The van der Waals surface area contributed by atoms with E-state index in [0.717, 1.165) is 32.0 Å². The fraction of sp³-hybridized carbons (Fsp3) is 0.350. The van der Waals surface area contributed by atoms with Gasteiger partial charge in [-0.2, -0.15) is 5.26 Å². The van der Waals surface area contributed by atoms with Gasteiger partial charge < -0.3 is 15.0 Å². The Labute approximate surface area is 162 Å². The van der Waals surface area contributed by atoms with Crippen LogP contribution in [0.25, 0.3) is 0 Å². The highest BCUT2D eigenvalue weighted by atomic mass is 19.1. The summed E-state index contributed by atoms with van der Waals surface area (Å²) in [6.45, 7) is 5.15. The lowest BCUT2D eigenvalue weighted by Gasteiger charge is -2.35. The van der Waals surface area contributed by atoms with Crippen LogP contribution in [-0.2, 0) is 11.3 Å². The molecule has 2 aromatic rings. The van der Waals surface area contributed by atoms with Gasteiger partial charge in [-0.1, -0.05) is 0 Å². The minimum atomic E-state index is -0.623. The normalized spacial score (nSPS) is 19.4. The van der Waals surface area contributed by atoms with Crippen LogP contribution in [0.3, 0.4) is 0 Å². The number of anilines is 2. The average molecular weight is 381 g/mol. The number of fused-ring (bicyclic) bond motifs is 1. The molecular formula is C20H20FN5O2. The fourth-order valence-corrected chi connectivity index (χ4v) is 3.41. The van der Waals surface area contributed by atoms with E-state index in [1.807, 2.05) is 6.07 Å². The van der Waals surface area contributed by atoms with E-state index in [1.54, 1.807) is 25.3 Å². The predicted molar refractivity (Wildman–Crippen MR) is 102 cm³/mol. The Hall–Kier alpha value is -3.18. The van der Waals surface area contributed by atoms with Crippen LogP contribution >= 0.6 is 0 Å². The number of pyridine rings is 1. The van der Waals surface area contributed by atoms with Gasteiger partial charge in [0.1, 0.15) is 23.5 Å². The third-order valence-electron chi connectivity index (χ3n) is 5.05. The number of ether oxygens (including phenoxy) is 1. The highest BCUT2D eigenvalue weighted by Crippen LogP contribution is 2.32. The number of nitriles is 1. The number of rotatable bonds is 3. The highest BCUT2D eigenvalue weighted by Gasteiger charge is 2.26. The zero-order chi connectivity index (χ0) is 19.7. The average Bonchev–Trinajstić information content (AvgIpc) is 2.71. The zero-order valence-electron chi connectivity index (χ0n) is 15.5. The molecule has 28 heavy (non-hydrogen) atoms. The molecule has 2 aliphatic rings. The summed E-state index contributed by atoms with van der Waals surface area (Å²) in [6, 6.07) is 8.67. The lowest BCUT2D eigenvalue weighted by atomic mass is 10.1. The molecule has 8 heteroatoms. The van der Waals surface area contributed by atoms with E-state index in [9.17, 15) is 9.18 Å². The van der Waals surface area contributed by atoms with Crippen LogP contribution in [0.5, 0.6) is 5.75 Å². The molecule has 4 rings (SSSR count). The van der Waals surface area contributed by atoms with Gasteiger partial charge in [0.15, 0.2) is 6.10 Å². The molecule has 1 fully saturated rings. The number of carbonyl (C=O) groups is 1. The van der Waals surface area contributed by atoms with Gasteiger partial charge in [-0.05, 0) is 25.1 Å². The standard InChI is InChI=1S/C20H20FN5O2/c1-13-20(27)24-17-8-15(16(21)9-18(17)28-13)12-25-4-6-26(7-5-25)19-3-2-14(10-22)11-23-19/h2-3,8-9,11,13H,4-7,12H2,1H3,(H,24,27). The van der Waals surface area contributed by atoms with Gasteiger partial charge >= 0.3 is 0 Å². The van der Waals surface area contributed by atoms with E-state index < -0.39 is 6.10 Å². The minimum Gasteiger partial charge on any atom is -0.479 e. The Morgan fingerprint density at radius 3 is 2.79 bits per heavy atom. The van der Waals surface area contributed by atoms with Crippen molar-refractivity contribution in [1.82, 2.24) is 9.88 Å². The number of benzene rings is 1. The maximum atomic E-state index is 14.5. The van der Waals surface area contributed by atoms with Crippen molar-refractivity contribution >= 4 is 17.4 Å². The second kappa shape index (κ2) is 7.44. The SMILES string of the molecule is CC1Oc2cc(F)c(CN3CCN(c4ccc(C#N)cn4)CC3)cc2NC1=O. The van der Waals surface area contributed by atoms with Crippen LogP contribution in [-0.4, -0.2) is 48.1 Å². The number of hydrogen-bond donors (Lipinski definition) is 1. The summed E-state index contributed by atoms with van der Waals surface area (Å²) in [5.74, 6) is 0.643. The van der Waals surface area contributed by atoms with Crippen LogP contribution < -0.4 is 15.0 Å². The number of amides is 1. The maximum Gasteiger partial charge on any atom is 0.265 e. The molecule has 0 aliphatic carbocycles. The third-order valence-corrected chi connectivity index (χ3v) is 5.05. The summed E-state index contributed by atoms with van der Waals surface area (Å²) in [7, 11) is 0. The summed E-state index contributed by atoms with van der Waals surface area (Å²) in [6.07, 6.45) is 0.947. The number of hydrogen-bond acceptors (Lipinski definition) is 6. The van der Waals surface area contributed by atoms with Crippen molar-refractivity contribution < 1.29 is 13.9 Å². The van der Waals surface area contributed by atoms with E-state index in [-0.39, 0.29) is 11.7 Å². The number of aromatic nitrogens is 1. The molecule has 1 aromatic heterocycles. The first-order valence-electron chi connectivity index (χ1n) is 9.17.